The topological polar surface area (TPSA) is 66.0 Å². The summed E-state index contributed by atoms with van der Waals surface area (Å²) in [6, 6.07) is 7.55. The number of nitrogens with two attached hydrogens (primary N) is 1. The van der Waals surface area contributed by atoms with Crippen molar-refractivity contribution in [1.82, 2.24) is 14.8 Å². The number of ether oxygens (including phenoxy) is 1. The Morgan fingerprint density at radius 2 is 2.11 bits per heavy atom. The molecule has 1 aromatic heterocycles. The summed E-state index contributed by atoms with van der Waals surface area (Å²) in [5.41, 5.74) is 7.26. The van der Waals surface area contributed by atoms with E-state index < -0.39 is 0 Å². The van der Waals surface area contributed by atoms with E-state index in [9.17, 15) is 0 Å². The normalized spacial score (nSPS) is 11.7. The summed E-state index contributed by atoms with van der Waals surface area (Å²) in [4.78, 5) is 4.28. The van der Waals surface area contributed by atoms with Gasteiger partial charge in [-0.2, -0.15) is 5.10 Å². The molecule has 0 aliphatic carbocycles. The highest BCUT2D eigenvalue weighted by atomic mass is 16.5. The molecule has 102 valence electrons. The second kappa shape index (κ2) is 5.40. The molecule has 0 unspecified atom stereocenters. The number of rotatable bonds is 4. The summed E-state index contributed by atoms with van der Waals surface area (Å²) in [5.74, 6) is 0.683. The molecule has 0 aliphatic heterocycles. The van der Waals surface area contributed by atoms with Crippen LogP contribution in [0.15, 0.2) is 30.6 Å². The molecule has 2 aromatic rings. The third-order valence-corrected chi connectivity index (χ3v) is 2.54. The highest BCUT2D eigenvalue weighted by Gasteiger charge is 2.10. The number of nitrogen functional groups attached to an aromatic ring is 1. The van der Waals surface area contributed by atoms with Crippen molar-refractivity contribution in [3.8, 4) is 11.4 Å². The summed E-state index contributed by atoms with van der Waals surface area (Å²) in [5, 5.41) is 4.41. The highest BCUT2D eigenvalue weighted by Crippen LogP contribution is 2.16. The van der Waals surface area contributed by atoms with Gasteiger partial charge in [0.05, 0.1) is 18.8 Å². The standard InChI is InChI=1S/C14H20N4O/c1-14(2,3)19-8-7-18-10-16-13(17-18)11-5-4-6-12(15)9-11/h4-6,9-10H,7-8,15H2,1-3H3. The Bertz CT molecular complexity index is 542. The van der Waals surface area contributed by atoms with Crippen LogP contribution in [0.1, 0.15) is 20.8 Å². The predicted octanol–water partition coefficient (Wildman–Crippen LogP) is 2.34. The first-order valence-electron chi connectivity index (χ1n) is 6.33. The number of hydrogen-bond donors (Lipinski definition) is 1. The molecule has 2 rings (SSSR count). The van der Waals surface area contributed by atoms with Crippen LogP contribution in [-0.4, -0.2) is 27.0 Å². The van der Waals surface area contributed by atoms with Gasteiger partial charge in [-0.25, -0.2) is 4.98 Å². The third kappa shape index (κ3) is 4.06. The molecule has 1 heterocycles. The van der Waals surface area contributed by atoms with Crippen LogP contribution >= 0.6 is 0 Å². The highest BCUT2D eigenvalue weighted by molar-refractivity contribution is 5.60. The third-order valence-electron chi connectivity index (χ3n) is 2.54. The van der Waals surface area contributed by atoms with Crippen LogP contribution in [0.3, 0.4) is 0 Å². The van der Waals surface area contributed by atoms with Crippen molar-refractivity contribution in [2.75, 3.05) is 12.3 Å². The Balaban J connectivity index is 1.99. The molecule has 0 saturated carbocycles. The van der Waals surface area contributed by atoms with E-state index >= 15 is 0 Å². The fourth-order valence-corrected chi connectivity index (χ4v) is 1.66. The smallest absolute Gasteiger partial charge is 0.181 e. The first kappa shape index (κ1) is 13.5. The van der Waals surface area contributed by atoms with Crippen LogP contribution in [0, 0.1) is 0 Å². The average molecular weight is 260 g/mol. The second-order valence-electron chi connectivity index (χ2n) is 5.42. The van der Waals surface area contributed by atoms with Gasteiger partial charge in [-0.15, -0.1) is 0 Å². The van der Waals surface area contributed by atoms with E-state index in [1.54, 1.807) is 11.0 Å². The zero-order valence-corrected chi connectivity index (χ0v) is 11.6. The van der Waals surface area contributed by atoms with E-state index in [-0.39, 0.29) is 5.60 Å². The van der Waals surface area contributed by atoms with Gasteiger partial charge in [-0.1, -0.05) is 12.1 Å². The van der Waals surface area contributed by atoms with Gasteiger partial charge in [-0.05, 0) is 32.9 Å². The SMILES string of the molecule is CC(C)(C)OCCn1cnc(-c2cccc(N)c2)n1. The lowest BCUT2D eigenvalue weighted by atomic mass is 10.2. The van der Waals surface area contributed by atoms with Gasteiger partial charge >= 0.3 is 0 Å². The van der Waals surface area contributed by atoms with Crippen LogP contribution in [-0.2, 0) is 11.3 Å². The zero-order chi connectivity index (χ0) is 13.9. The fraction of sp³-hybridized carbons (Fsp3) is 0.429. The number of aromatic nitrogens is 3. The van der Waals surface area contributed by atoms with E-state index in [1.165, 1.54) is 0 Å². The summed E-state index contributed by atoms with van der Waals surface area (Å²) >= 11 is 0. The Labute approximate surface area is 113 Å². The molecule has 0 amide bonds. The monoisotopic (exact) mass is 260 g/mol. The molecule has 5 heteroatoms. The van der Waals surface area contributed by atoms with Crippen LogP contribution in [0.5, 0.6) is 0 Å². The minimum absolute atomic E-state index is 0.128. The van der Waals surface area contributed by atoms with E-state index in [1.807, 2.05) is 45.0 Å². The average Bonchev–Trinajstić information content (AvgIpc) is 2.76. The van der Waals surface area contributed by atoms with Crippen LogP contribution in [0.4, 0.5) is 5.69 Å². The van der Waals surface area contributed by atoms with Crippen LogP contribution in [0.2, 0.25) is 0 Å². The summed E-state index contributed by atoms with van der Waals surface area (Å²) in [6.07, 6.45) is 1.71. The lowest BCUT2D eigenvalue weighted by Crippen LogP contribution is -2.22. The molecule has 0 bridgehead atoms. The van der Waals surface area contributed by atoms with Crippen molar-refractivity contribution in [3.05, 3.63) is 30.6 Å². The van der Waals surface area contributed by atoms with Crippen molar-refractivity contribution in [2.24, 2.45) is 0 Å². The Hall–Kier alpha value is -1.88. The fourth-order valence-electron chi connectivity index (χ4n) is 1.66. The van der Waals surface area contributed by atoms with Crippen molar-refractivity contribution >= 4 is 5.69 Å². The maximum absolute atomic E-state index is 5.75. The van der Waals surface area contributed by atoms with Gasteiger partial charge in [0.25, 0.3) is 0 Å². The molecular weight excluding hydrogens is 240 g/mol. The number of hydrogen-bond acceptors (Lipinski definition) is 4. The minimum atomic E-state index is -0.128. The van der Waals surface area contributed by atoms with Crippen molar-refractivity contribution in [3.63, 3.8) is 0 Å². The quantitative estimate of drug-likeness (QED) is 0.857. The summed E-state index contributed by atoms with van der Waals surface area (Å²) in [6.45, 7) is 7.40. The van der Waals surface area contributed by atoms with E-state index in [4.69, 9.17) is 10.5 Å². The predicted molar refractivity (Wildman–Crippen MR) is 75.6 cm³/mol. The van der Waals surface area contributed by atoms with Gasteiger partial charge in [-0.3, -0.25) is 4.68 Å². The lowest BCUT2D eigenvalue weighted by Gasteiger charge is -2.19. The van der Waals surface area contributed by atoms with Crippen molar-refractivity contribution < 1.29 is 4.74 Å². The van der Waals surface area contributed by atoms with E-state index in [0.29, 0.717) is 24.7 Å². The second-order valence-corrected chi connectivity index (χ2v) is 5.42. The van der Waals surface area contributed by atoms with Crippen LogP contribution in [0.25, 0.3) is 11.4 Å². The van der Waals surface area contributed by atoms with Gasteiger partial charge in [0, 0.05) is 11.3 Å². The lowest BCUT2D eigenvalue weighted by molar-refractivity contribution is -0.00790. The minimum Gasteiger partial charge on any atom is -0.399 e. The summed E-state index contributed by atoms with van der Waals surface area (Å²) < 4.78 is 7.44. The molecule has 2 N–H and O–H groups in total. The van der Waals surface area contributed by atoms with Gasteiger partial charge in [0.15, 0.2) is 5.82 Å². The molecule has 0 fully saturated rings. The largest absolute Gasteiger partial charge is 0.399 e. The Morgan fingerprint density at radius 3 is 2.79 bits per heavy atom. The maximum Gasteiger partial charge on any atom is 0.181 e. The number of nitrogens with zero attached hydrogens (tertiary/aromatic N) is 3. The molecule has 0 saturated heterocycles. The maximum atomic E-state index is 5.75. The van der Waals surface area contributed by atoms with E-state index in [0.717, 1.165) is 5.56 Å². The zero-order valence-electron chi connectivity index (χ0n) is 11.6. The van der Waals surface area contributed by atoms with E-state index in [2.05, 4.69) is 10.1 Å². The molecule has 19 heavy (non-hydrogen) atoms. The molecule has 1 aromatic carbocycles. The molecular formula is C14H20N4O. The van der Waals surface area contributed by atoms with Crippen molar-refractivity contribution in [1.29, 1.82) is 0 Å². The first-order valence-corrected chi connectivity index (χ1v) is 6.33. The molecule has 0 aliphatic rings. The molecule has 0 spiro atoms. The molecule has 0 atom stereocenters. The summed E-state index contributed by atoms with van der Waals surface area (Å²) in [7, 11) is 0. The molecule has 5 nitrogen and oxygen atoms in total. The van der Waals surface area contributed by atoms with Gasteiger partial charge in [0.2, 0.25) is 0 Å². The first-order chi connectivity index (χ1) is 8.94. The van der Waals surface area contributed by atoms with Crippen LogP contribution < -0.4 is 5.73 Å². The Kier molecular flexibility index (Phi) is 3.85. The van der Waals surface area contributed by atoms with Gasteiger partial charge < -0.3 is 10.5 Å². The number of benzene rings is 1. The number of anilines is 1. The molecule has 0 radical (unpaired) electrons. The van der Waals surface area contributed by atoms with Gasteiger partial charge in [0.1, 0.15) is 6.33 Å². The Morgan fingerprint density at radius 1 is 1.32 bits per heavy atom. The van der Waals surface area contributed by atoms with Crippen molar-refractivity contribution in [2.45, 2.75) is 32.9 Å².